The molecule has 1 aromatic heterocycles. The van der Waals surface area contributed by atoms with E-state index in [1.807, 2.05) is 0 Å². The Morgan fingerprint density at radius 2 is 2.15 bits per heavy atom. The van der Waals surface area contributed by atoms with Crippen LogP contribution in [0.5, 0.6) is 11.5 Å². The number of carbonyl (C=O) groups is 2. The van der Waals surface area contributed by atoms with Crippen LogP contribution in [0, 0.1) is 11.3 Å². The van der Waals surface area contributed by atoms with Gasteiger partial charge in [-0.25, -0.2) is 0 Å². The summed E-state index contributed by atoms with van der Waals surface area (Å²) >= 11 is 1.21. The molecule has 1 aliphatic heterocycles. The van der Waals surface area contributed by atoms with Crippen molar-refractivity contribution >= 4 is 29.1 Å². The van der Waals surface area contributed by atoms with Gasteiger partial charge in [0.25, 0.3) is 0 Å². The minimum Gasteiger partial charge on any atom is -0.497 e. The molecular weight excluding hydrogens is 442 g/mol. The number of rotatable bonds is 7. The molecular formula is C24H23N3O5S. The number of dihydropyridines is 1. The molecule has 1 atom stereocenters. The number of nitrogens with one attached hydrogen (secondary N) is 2. The fourth-order valence-electron chi connectivity index (χ4n) is 4.01. The van der Waals surface area contributed by atoms with Gasteiger partial charge in [-0.3, -0.25) is 9.59 Å². The van der Waals surface area contributed by atoms with Gasteiger partial charge in [0.2, 0.25) is 5.91 Å². The standard InChI is InChI=1S/C24H23N3O5S/c1-30-14-8-9-19(31-2)17(11-14)26-21(29)13-33-24-15(12-25)22(20-7-4-10-32-20)23-16(27-24)5-3-6-18(23)28/h4,7-11,22,27H,3,5-6,13H2,1-2H3,(H,26,29)/t22-/m1/s1. The third-order valence-electron chi connectivity index (χ3n) is 5.52. The van der Waals surface area contributed by atoms with Gasteiger partial charge in [0, 0.05) is 23.8 Å². The Bertz CT molecular complexity index is 1180. The lowest BCUT2D eigenvalue weighted by molar-refractivity contribution is -0.116. The van der Waals surface area contributed by atoms with E-state index in [-0.39, 0.29) is 17.4 Å². The maximum absolute atomic E-state index is 12.7. The number of nitriles is 1. The minimum absolute atomic E-state index is 0.0183. The second kappa shape index (κ2) is 9.88. The van der Waals surface area contributed by atoms with Gasteiger partial charge in [-0.1, -0.05) is 11.8 Å². The Morgan fingerprint density at radius 1 is 1.30 bits per heavy atom. The van der Waals surface area contributed by atoms with E-state index >= 15 is 0 Å². The van der Waals surface area contributed by atoms with Crippen molar-refractivity contribution in [3.05, 3.63) is 64.2 Å². The third kappa shape index (κ3) is 4.61. The molecule has 4 rings (SSSR count). The minimum atomic E-state index is -0.571. The Morgan fingerprint density at radius 3 is 2.85 bits per heavy atom. The van der Waals surface area contributed by atoms with Gasteiger partial charge in [-0.15, -0.1) is 0 Å². The van der Waals surface area contributed by atoms with E-state index in [2.05, 4.69) is 16.7 Å². The summed E-state index contributed by atoms with van der Waals surface area (Å²) in [5, 5.41) is 16.6. The molecule has 0 fully saturated rings. The monoisotopic (exact) mass is 465 g/mol. The lowest BCUT2D eigenvalue weighted by Gasteiger charge is -2.32. The van der Waals surface area contributed by atoms with Crippen LogP contribution in [0.3, 0.4) is 0 Å². The molecule has 170 valence electrons. The summed E-state index contributed by atoms with van der Waals surface area (Å²) in [6, 6.07) is 10.9. The summed E-state index contributed by atoms with van der Waals surface area (Å²) in [4.78, 5) is 25.4. The first-order valence-electron chi connectivity index (χ1n) is 10.4. The average Bonchev–Trinajstić information content (AvgIpc) is 3.36. The highest BCUT2D eigenvalue weighted by Crippen LogP contribution is 2.44. The number of hydrogen-bond donors (Lipinski definition) is 2. The number of furan rings is 1. The Kier molecular flexibility index (Phi) is 6.75. The molecule has 0 spiro atoms. The number of benzene rings is 1. The average molecular weight is 466 g/mol. The van der Waals surface area contributed by atoms with Crippen molar-refractivity contribution in [2.75, 3.05) is 25.3 Å². The van der Waals surface area contributed by atoms with Gasteiger partial charge in [-0.05, 0) is 37.1 Å². The van der Waals surface area contributed by atoms with Crippen LogP contribution in [0.4, 0.5) is 5.69 Å². The largest absolute Gasteiger partial charge is 0.497 e. The number of amides is 1. The summed E-state index contributed by atoms with van der Waals surface area (Å²) in [6.07, 6.45) is 3.42. The summed E-state index contributed by atoms with van der Waals surface area (Å²) in [5.41, 5.74) is 2.24. The Hall–Kier alpha value is -3.64. The lowest BCUT2D eigenvalue weighted by atomic mass is 9.79. The van der Waals surface area contributed by atoms with Crippen LogP contribution in [0.25, 0.3) is 0 Å². The molecule has 1 aromatic carbocycles. The van der Waals surface area contributed by atoms with Gasteiger partial charge in [-0.2, -0.15) is 5.26 Å². The fraction of sp³-hybridized carbons (Fsp3) is 0.292. The Balaban J connectivity index is 1.56. The van der Waals surface area contributed by atoms with Crippen molar-refractivity contribution < 1.29 is 23.5 Å². The highest BCUT2D eigenvalue weighted by Gasteiger charge is 2.38. The van der Waals surface area contributed by atoms with Crippen LogP contribution in [-0.4, -0.2) is 31.7 Å². The number of hydrogen-bond acceptors (Lipinski definition) is 8. The molecule has 2 aliphatic rings. The fourth-order valence-corrected chi connectivity index (χ4v) is 4.88. The smallest absolute Gasteiger partial charge is 0.234 e. The third-order valence-corrected chi connectivity index (χ3v) is 6.54. The molecule has 8 nitrogen and oxygen atoms in total. The van der Waals surface area contributed by atoms with Crippen LogP contribution >= 0.6 is 11.8 Å². The van der Waals surface area contributed by atoms with Crippen molar-refractivity contribution in [1.82, 2.24) is 5.32 Å². The van der Waals surface area contributed by atoms with E-state index in [4.69, 9.17) is 13.9 Å². The highest BCUT2D eigenvalue weighted by atomic mass is 32.2. The van der Waals surface area contributed by atoms with E-state index in [1.165, 1.54) is 25.1 Å². The molecule has 2 aromatic rings. The number of thioether (sulfide) groups is 1. The summed E-state index contributed by atoms with van der Waals surface area (Å²) in [6.45, 7) is 0. The number of Topliss-reactive ketones (excluding diaryl/α,β-unsaturated/α-hetero) is 1. The number of anilines is 1. The number of carbonyl (C=O) groups excluding carboxylic acids is 2. The molecule has 1 aliphatic carbocycles. The van der Waals surface area contributed by atoms with E-state index in [0.717, 1.165) is 12.1 Å². The number of methoxy groups -OCH3 is 2. The van der Waals surface area contributed by atoms with Crippen LogP contribution in [-0.2, 0) is 9.59 Å². The first-order valence-corrected chi connectivity index (χ1v) is 11.4. The van der Waals surface area contributed by atoms with Crippen molar-refractivity contribution in [1.29, 1.82) is 5.26 Å². The molecule has 0 bridgehead atoms. The predicted molar refractivity (Wildman–Crippen MR) is 124 cm³/mol. The van der Waals surface area contributed by atoms with Gasteiger partial charge in [0.1, 0.15) is 17.3 Å². The second-order valence-corrected chi connectivity index (χ2v) is 8.49. The molecule has 0 unspecified atom stereocenters. The van der Waals surface area contributed by atoms with Crippen molar-refractivity contribution in [2.24, 2.45) is 0 Å². The molecule has 0 saturated carbocycles. The maximum atomic E-state index is 12.7. The number of ketones is 1. The number of nitrogens with zero attached hydrogens (tertiary/aromatic N) is 1. The van der Waals surface area contributed by atoms with E-state index in [1.54, 1.807) is 37.4 Å². The van der Waals surface area contributed by atoms with Gasteiger partial charge in [0.15, 0.2) is 5.78 Å². The van der Waals surface area contributed by atoms with Crippen molar-refractivity contribution in [3.63, 3.8) is 0 Å². The predicted octanol–water partition coefficient (Wildman–Crippen LogP) is 4.10. The maximum Gasteiger partial charge on any atom is 0.234 e. The van der Waals surface area contributed by atoms with E-state index in [0.29, 0.717) is 52.0 Å². The quantitative estimate of drug-likeness (QED) is 0.628. The summed E-state index contributed by atoms with van der Waals surface area (Å²) in [7, 11) is 3.07. The van der Waals surface area contributed by atoms with Crippen molar-refractivity contribution in [2.45, 2.75) is 25.2 Å². The van der Waals surface area contributed by atoms with Crippen LogP contribution in [0.1, 0.15) is 30.9 Å². The normalized spacial score (nSPS) is 17.7. The SMILES string of the molecule is COc1ccc(OC)c(NC(=O)CSC2=C(C#N)[C@H](c3ccco3)C3=C(CCCC3=O)N2)c1. The number of ether oxygens (including phenoxy) is 2. The first-order chi connectivity index (χ1) is 16.0. The van der Waals surface area contributed by atoms with Crippen LogP contribution < -0.4 is 20.1 Å². The number of allylic oxidation sites excluding steroid dienone is 3. The molecule has 1 amide bonds. The second-order valence-electron chi connectivity index (χ2n) is 7.50. The zero-order valence-electron chi connectivity index (χ0n) is 18.3. The molecule has 33 heavy (non-hydrogen) atoms. The van der Waals surface area contributed by atoms with Gasteiger partial charge < -0.3 is 24.5 Å². The van der Waals surface area contributed by atoms with Crippen molar-refractivity contribution in [3.8, 4) is 17.6 Å². The van der Waals surface area contributed by atoms with E-state index in [9.17, 15) is 14.9 Å². The zero-order chi connectivity index (χ0) is 23.4. The molecule has 9 heteroatoms. The van der Waals surface area contributed by atoms with Gasteiger partial charge in [0.05, 0.1) is 54.5 Å². The van der Waals surface area contributed by atoms with Crippen LogP contribution in [0.15, 0.2) is 62.9 Å². The molecule has 0 radical (unpaired) electrons. The van der Waals surface area contributed by atoms with Crippen LogP contribution in [0.2, 0.25) is 0 Å². The van der Waals surface area contributed by atoms with Gasteiger partial charge >= 0.3 is 0 Å². The summed E-state index contributed by atoms with van der Waals surface area (Å²) in [5.74, 6) is 0.865. The lowest BCUT2D eigenvalue weighted by Crippen LogP contribution is -2.31. The molecule has 2 heterocycles. The first kappa shape index (κ1) is 22.6. The Labute approximate surface area is 195 Å². The summed E-state index contributed by atoms with van der Waals surface area (Å²) < 4.78 is 16.1. The van der Waals surface area contributed by atoms with E-state index < -0.39 is 5.92 Å². The topological polar surface area (TPSA) is 114 Å². The zero-order valence-corrected chi connectivity index (χ0v) is 19.1. The molecule has 0 saturated heterocycles. The highest BCUT2D eigenvalue weighted by molar-refractivity contribution is 8.03. The molecule has 2 N–H and O–H groups in total.